The van der Waals surface area contributed by atoms with Crippen LogP contribution in [0.2, 0.25) is 0 Å². The summed E-state index contributed by atoms with van der Waals surface area (Å²) in [7, 11) is -4.74. The lowest BCUT2D eigenvalue weighted by Crippen LogP contribution is -2.33. The molecule has 2 N–H and O–H groups in total. The van der Waals surface area contributed by atoms with Crippen LogP contribution in [-0.4, -0.2) is 48.3 Å². The van der Waals surface area contributed by atoms with Crippen LogP contribution in [0.1, 0.15) is 40.6 Å². The van der Waals surface area contributed by atoms with Crippen molar-refractivity contribution in [3.63, 3.8) is 0 Å². The number of anilines is 1. The molecule has 1 aromatic carbocycles. The molecule has 0 saturated carbocycles. The maximum atomic E-state index is 13.3. The molecule has 0 bridgehead atoms. The van der Waals surface area contributed by atoms with Gasteiger partial charge in [-0.25, -0.2) is 12.8 Å². The standard InChI is InChI=1S/C22H26FN3O5S2/c1-4-15-13-17-19(20(24)27)18(12-14-6-8-16(23)9-7-14)31-22(17)25-21(15)26(33(3,29)30)10-5-11-32(2)28/h6-9,13H,4-5,10-12H2,1-3H3,(H2,24,27). The lowest BCUT2D eigenvalue weighted by atomic mass is 10.0. The lowest BCUT2D eigenvalue weighted by Gasteiger charge is -2.23. The number of benzene rings is 1. The molecule has 11 heteroatoms. The SMILES string of the molecule is CCc1cc2c(C(N)=O)c(Cc3ccc(F)cc3)oc2nc1N(CCCS(C)=O)S(C)(=O)=O. The van der Waals surface area contributed by atoms with Crippen LogP contribution in [-0.2, 0) is 33.7 Å². The molecule has 0 aliphatic rings. The number of pyridine rings is 1. The molecule has 2 heterocycles. The van der Waals surface area contributed by atoms with E-state index in [4.69, 9.17) is 10.2 Å². The summed E-state index contributed by atoms with van der Waals surface area (Å²) in [5.74, 6) is -0.266. The zero-order valence-corrected chi connectivity index (χ0v) is 20.3. The molecular formula is C22H26FN3O5S2. The van der Waals surface area contributed by atoms with Gasteiger partial charge in [-0.2, -0.15) is 4.98 Å². The fourth-order valence-electron chi connectivity index (χ4n) is 3.60. The molecule has 0 fully saturated rings. The first kappa shape index (κ1) is 24.8. The highest BCUT2D eigenvalue weighted by Crippen LogP contribution is 2.32. The van der Waals surface area contributed by atoms with E-state index in [1.165, 1.54) is 16.4 Å². The maximum Gasteiger partial charge on any atom is 0.252 e. The number of nitrogens with two attached hydrogens (primary N) is 1. The number of sulfonamides is 1. The molecule has 0 radical (unpaired) electrons. The number of furan rings is 1. The molecule has 0 spiro atoms. The zero-order valence-electron chi connectivity index (χ0n) is 18.6. The van der Waals surface area contributed by atoms with E-state index >= 15 is 0 Å². The summed E-state index contributed by atoms with van der Waals surface area (Å²) >= 11 is 0. The average Bonchev–Trinajstić information content (AvgIpc) is 3.07. The molecule has 33 heavy (non-hydrogen) atoms. The van der Waals surface area contributed by atoms with Crippen molar-refractivity contribution < 1.29 is 26.2 Å². The Morgan fingerprint density at radius 2 is 1.94 bits per heavy atom. The average molecular weight is 496 g/mol. The minimum Gasteiger partial charge on any atom is -0.441 e. The van der Waals surface area contributed by atoms with Gasteiger partial charge in [-0.3, -0.25) is 13.3 Å². The topological polar surface area (TPSA) is 124 Å². The Labute approximate surface area is 194 Å². The number of fused-ring (bicyclic) bond motifs is 1. The number of hydrogen-bond acceptors (Lipinski definition) is 6. The summed E-state index contributed by atoms with van der Waals surface area (Å²) in [6, 6.07) is 7.44. The smallest absolute Gasteiger partial charge is 0.252 e. The molecule has 1 amide bonds. The number of halogens is 1. The van der Waals surface area contributed by atoms with Gasteiger partial charge in [-0.05, 0) is 42.2 Å². The third-order valence-corrected chi connectivity index (χ3v) is 7.17. The van der Waals surface area contributed by atoms with Crippen LogP contribution < -0.4 is 10.0 Å². The van der Waals surface area contributed by atoms with Gasteiger partial charge in [0.25, 0.3) is 5.91 Å². The van der Waals surface area contributed by atoms with E-state index < -0.39 is 26.7 Å². The second-order valence-corrected chi connectivity index (χ2v) is 11.2. The van der Waals surface area contributed by atoms with E-state index in [1.807, 2.05) is 6.92 Å². The minimum absolute atomic E-state index is 0.0841. The quantitative estimate of drug-likeness (QED) is 0.461. The largest absolute Gasteiger partial charge is 0.441 e. The number of rotatable bonds is 10. The molecule has 0 saturated heterocycles. The number of nitrogens with zero attached hydrogens (tertiary/aromatic N) is 2. The minimum atomic E-state index is -3.69. The third kappa shape index (κ3) is 5.77. The molecule has 1 unspecified atom stereocenters. The zero-order chi connectivity index (χ0) is 24.3. The fourth-order valence-corrected chi connectivity index (χ4v) is 5.07. The fraction of sp³-hybridized carbons (Fsp3) is 0.364. The highest BCUT2D eigenvalue weighted by molar-refractivity contribution is 7.92. The van der Waals surface area contributed by atoms with E-state index in [0.29, 0.717) is 35.1 Å². The monoisotopic (exact) mass is 495 g/mol. The Balaban J connectivity index is 2.13. The molecule has 2 aromatic heterocycles. The van der Waals surface area contributed by atoms with Gasteiger partial charge >= 0.3 is 0 Å². The Hall–Kier alpha value is -2.79. The van der Waals surface area contributed by atoms with Gasteiger partial charge in [0.05, 0.1) is 17.2 Å². The van der Waals surface area contributed by atoms with Crippen LogP contribution in [0.3, 0.4) is 0 Å². The molecular weight excluding hydrogens is 469 g/mol. The predicted molar refractivity (Wildman–Crippen MR) is 127 cm³/mol. The van der Waals surface area contributed by atoms with E-state index in [9.17, 15) is 21.8 Å². The Morgan fingerprint density at radius 1 is 1.27 bits per heavy atom. The van der Waals surface area contributed by atoms with Gasteiger partial charge < -0.3 is 10.2 Å². The summed E-state index contributed by atoms with van der Waals surface area (Å²) < 4.78 is 56.8. The van der Waals surface area contributed by atoms with Crippen LogP contribution in [0.5, 0.6) is 0 Å². The first-order valence-corrected chi connectivity index (χ1v) is 13.9. The van der Waals surface area contributed by atoms with E-state index in [-0.39, 0.29) is 41.6 Å². The Kier molecular flexibility index (Phi) is 7.53. The van der Waals surface area contributed by atoms with Crippen LogP contribution in [0, 0.1) is 5.82 Å². The van der Waals surface area contributed by atoms with Crippen LogP contribution in [0.4, 0.5) is 10.2 Å². The second kappa shape index (κ2) is 10.0. The highest BCUT2D eigenvalue weighted by Gasteiger charge is 2.26. The Morgan fingerprint density at radius 3 is 2.48 bits per heavy atom. The van der Waals surface area contributed by atoms with Gasteiger partial charge in [0.15, 0.2) is 0 Å². The highest BCUT2D eigenvalue weighted by atomic mass is 32.2. The first-order chi connectivity index (χ1) is 15.5. The van der Waals surface area contributed by atoms with Gasteiger partial charge in [0.2, 0.25) is 15.7 Å². The number of primary amides is 1. The van der Waals surface area contributed by atoms with Crippen molar-refractivity contribution in [3.05, 3.63) is 58.6 Å². The Bertz CT molecular complexity index is 1300. The van der Waals surface area contributed by atoms with Crippen LogP contribution >= 0.6 is 0 Å². The van der Waals surface area contributed by atoms with E-state index in [2.05, 4.69) is 4.98 Å². The molecule has 3 aromatic rings. The maximum absolute atomic E-state index is 13.3. The number of hydrogen-bond donors (Lipinski definition) is 1. The summed E-state index contributed by atoms with van der Waals surface area (Å²) in [6.45, 7) is 1.95. The summed E-state index contributed by atoms with van der Waals surface area (Å²) in [6.07, 6.45) is 3.66. The molecule has 0 aliphatic carbocycles. The van der Waals surface area contributed by atoms with E-state index in [1.54, 1.807) is 24.5 Å². The van der Waals surface area contributed by atoms with Crippen molar-refractivity contribution in [1.29, 1.82) is 0 Å². The van der Waals surface area contributed by atoms with Gasteiger partial charge in [0, 0.05) is 35.8 Å². The van der Waals surface area contributed by atoms with E-state index in [0.717, 1.165) is 6.26 Å². The predicted octanol–water partition coefficient (Wildman–Crippen LogP) is 2.75. The number of amides is 1. The molecule has 178 valence electrons. The molecule has 0 aliphatic heterocycles. The molecule has 8 nitrogen and oxygen atoms in total. The number of aromatic nitrogens is 1. The van der Waals surface area contributed by atoms with Gasteiger partial charge in [-0.15, -0.1) is 0 Å². The normalized spacial score (nSPS) is 12.7. The molecule has 1 atom stereocenters. The summed E-state index contributed by atoms with van der Waals surface area (Å²) in [5.41, 5.74) is 7.19. The van der Waals surface area contributed by atoms with Crippen LogP contribution in [0.15, 0.2) is 34.7 Å². The van der Waals surface area contributed by atoms with Crippen molar-refractivity contribution in [2.75, 3.05) is 29.1 Å². The van der Waals surface area contributed by atoms with Crippen molar-refractivity contribution in [1.82, 2.24) is 4.98 Å². The van der Waals surface area contributed by atoms with Crippen molar-refractivity contribution in [3.8, 4) is 0 Å². The third-order valence-electron chi connectivity index (χ3n) is 5.15. The number of carbonyl (C=O) groups is 1. The van der Waals surface area contributed by atoms with Crippen molar-refractivity contribution in [2.24, 2.45) is 5.73 Å². The van der Waals surface area contributed by atoms with Gasteiger partial charge in [-0.1, -0.05) is 19.1 Å². The molecule has 3 rings (SSSR count). The van der Waals surface area contributed by atoms with Crippen molar-refractivity contribution >= 4 is 43.6 Å². The van der Waals surface area contributed by atoms with Crippen molar-refractivity contribution in [2.45, 2.75) is 26.2 Å². The second-order valence-electron chi connectivity index (χ2n) is 7.71. The van der Waals surface area contributed by atoms with Gasteiger partial charge in [0.1, 0.15) is 17.4 Å². The van der Waals surface area contributed by atoms with Crippen LogP contribution in [0.25, 0.3) is 11.1 Å². The summed E-state index contributed by atoms with van der Waals surface area (Å²) in [5, 5.41) is 0.392. The lowest BCUT2D eigenvalue weighted by molar-refractivity contribution is 0.1000. The number of carbonyl (C=O) groups excluding carboxylic acids is 1. The first-order valence-electron chi connectivity index (χ1n) is 10.3. The number of aryl methyl sites for hydroxylation is 1. The summed E-state index contributed by atoms with van der Waals surface area (Å²) in [4.78, 5) is 16.7.